The van der Waals surface area contributed by atoms with E-state index >= 15 is 0 Å². The quantitative estimate of drug-likeness (QED) is 0.535. The first-order valence-electron chi connectivity index (χ1n) is 7.30. The van der Waals surface area contributed by atoms with Crippen LogP contribution in [-0.2, 0) is 0 Å². The lowest BCUT2D eigenvalue weighted by Gasteiger charge is -2.02. The van der Waals surface area contributed by atoms with Gasteiger partial charge in [0.05, 0.1) is 11.4 Å². The normalized spacial score (nSPS) is 10.9. The minimum Gasteiger partial charge on any atom is -0.332 e. The van der Waals surface area contributed by atoms with Gasteiger partial charge < -0.3 is 4.52 Å². The molecule has 2 aromatic carbocycles. The number of aromatic nitrogens is 5. The SMILES string of the molecule is Cc1c(-c2nc(-c3ccccc3)no2)nnn1-c1ccc(Br)cc1. The molecule has 24 heavy (non-hydrogen) atoms. The van der Waals surface area contributed by atoms with Gasteiger partial charge in [-0.05, 0) is 31.2 Å². The molecule has 0 saturated carbocycles. The third-order valence-corrected chi connectivity index (χ3v) is 4.16. The van der Waals surface area contributed by atoms with Gasteiger partial charge in [-0.3, -0.25) is 0 Å². The molecular weight excluding hydrogens is 370 g/mol. The predicted octanol–water partition coefficient (Wildman–Crippen LogP) is 4.06. The van der Waals surface area contributed by atoms with Crippen molar-refractivity contribution in [2.75, 3.05) is 0 Å². The topological polar surface area (TPSA) is 69.6 Å². The largest absolute Gasteiger partial charge is 0.332 e. The molecule has 0 atom stereocenters. The first-order valence-corrected chi connectivity index (χ1v) is 8.09. The summed E-state index contributed by atoms with van der Waals surface area (Å²) >= 11 is 3.42. The molecule has 0 unspecified atom stereocenters. The summed E-state index contributed by atoms with van der Waals surface area (Å²) in [6, 6.07) is 17.5. The van der Waals surface area contributed by atoms with E-state index in [4.69, 9.17) is 4.52 Å². The Morgan fingerprint density at radius 3 is 2.50 bits per heavy atom. The van der Waals surface area contributed by atoms with E-state index in [1.165, 1.54) is 0 Å². The zero-order valence-corrected chi connectivity index (χ0v) is 14.3. The minimum absolute atomic E-state index is 0.356. The van der Waals surface area contributed by atoms with E-state index in [-0.39, 0.29) is 0 Å². The zero-order chi connectivity index (χ0) is 16.5. The van der Waals surface area contributed by atoms with E-state index in [9.17, 15) is 0 Å². The van der Waals surface area contributed by atoms with E-state index in [1.54, 1.807) is 4.68 Å². The van der Waals surface area contributed by atoms with Crippen LogP contribution in [0.25, 0.3) is 28.7 Å². The van der Waals surface area contributed by atoms with Gasteiger partial charge in [-0.1, -0.05) is 56.6 Å². The smallest absolute Gasteiger partial charge is 0.280 e. The molecule has 0 aliphatic carbocycles. The average molecular weight is 382 g/mol. The molecule has 0 amide bonds. The molecule has 0 spiro atoms. The Labute approximate surface area is 146 Å². The molecule has 118 valence electrons. The standard InChI is InChI=1S/C17H12BrN5O/c1-11-15(20-22-23(11)14-9-7-13(18)8-10-14)17-19-16(21-24-17)12-5-3-2-4-6-12/h2-10H,1H3. The van der Waals surface area contributed by atoms with Crippen LogP contribution in [0, 0.1) is 6.92 Å². The van der Waals surface area contributed by atoms with E-state index in [1.807, 2.05) is 61.5 Å². The Morgan fingerprint density at radius 1 is 1.00 bits per heavy atom. The van der Waals surface area contributed by atoms with Crippen LogP contribution in [0.5, 0.6) is 0 Å². The third kappa shape index (κ3) is 2.63. The highest BCUT2D eigenvalue weighted by Gasteiger charge is 2.18. The van der Waals surface area contributed by atoms with Crippen molar-refractivity contribution in [3.05, 3.63) is 64.8 Å². The van der Waals surface area contributed by atoms with E-state index in [0.29, 0.717) is 17.4 Å². The molecule has 0 bridgehead atoms. The highest BCUT2D eigenvalue weighted by molar-refractivity contribution is 9.10. The second kappa shape index (κ2) is 6.01. The highest BCUT2D eigenvalue weighted by atomic mass is 79.9. The molecule has 6 nitrogen and oxygen atoms in total. The summed E-state index contributed by atoms with van der Waals surface area (Å²) in [5.41, 5.74) is 3.22. The number of benzene rings is 2. The summed E-state index contributed by atoms with van der Waals surface area (Å²) < 4.78 is 8.12. The van der Waals surface area contributed by atoms with Crippen molar-refractivity contribution in [3.63, 3.8) is 0 Å². The lowest BCUT2D eigenvalue weighted by atomic mass is 10.2. The van der Waals surface area contributed by atoms with Gasteiger partial charge in [-0.2, -0.15) is 4.98 Å². The Morgan fingerprint density at radius 2 is 1.75 bits per heavy atom. The first-order chi connectivity index (χ1) is 11.7. The summed E-state index contributed by atoms with van der Waals surface area (Å²) in [5, 5.41) is 12.4. The minimum atomic E-state index is 0.356. The average Bonchev–Trinajstić information content (AvgIpc) is 3.23. The number of hydrogen-bond donors (Lipinski definition) is 0. The number of nitrogens with zero attached hydrogens (tertiary/aromatic N) is 5. The Bertz CT molecular complexity index is 976. The van der Waals surface area contributed by atoms with Crippen LogP contribution < -0.4 is 0 Å². The lowest BCUT2D eigenvalue weighted by Crippen LogP contribution is -1.98. The Hall–Kier alpha value is -2.80. The molecule has 0 radical (unpaired) electrons. The van der Waals surface area contributed by atoms with Gasteiger partial charge in [0.2, 0.25) is 5.82 Å². The maximum atomic E-state index is 5.37. The van der Waals surface area contributed by atoms with Crippen molar-refractivity contribution in [2.45, 2.75) is 6.92 Å². The summed E-state index contributed by atoms with van der Waals surface area (Å²) in [6.45, 7) is 1.92. The fraction of sp³-hybridized carbons (Fsp3) is 0.0588. The molecule has 0 aliphatic heterocycles. The molecule has 4 rings (SSSR count). The van der Waals surface area contributed by atoms with E-state index in [2.05, 4.69) is 36.4 Å². The van der Waals surface area contributed by atoms with Crippen molar-refractivity contribution >= 4 is 15.9 Å². The van der Waals surface area contributed by atoms with Crippen LogP contribution in [-0.4, -0.2) is 25.1 Å². The first kappa shape index (κ1) is 14.8. The summed E-state index contributed by atoms with van der Waals surface area (Å²) in [4.78, 5) is 4.43. The molecule has 0 aliphatic rings. The predicted molar refractivity (Wildman–Crippen MR) is 92.5 cm³/mol. The highest BCUT2D eigenvalue weighted by Crippen LogP contribution is 2.24. The maximum absolute atomic E-state index is 5.37. The maximum Gasteiger partial charge on any atom is 0.280 e. The monoisotopic (exact) mass is 381 g/mol. The van der Waals surface area contributed by atoms with Gasteiger partial charge in [0.15, 0.2) is 5.69 Å². The molecule has 0 saturated heterocycles. The lowest BCUT2D eigenvalue weighted by molar-refractivity contribution is 0.430. The molecule has 7 heteroatoms. The van der Waals surface area contributed by atoms with Crippen LogP contribution in [0.2, 0.25) is 0 Å². The fourth-order valence-corrected chi connectivity index (χ4v) is 2.64. The van der Waals surface area contributed by atoms with Crippen LogP contribution in [0.15, 0.2) is 63.6 Å². The van der Waals surface area contributed by atoms with Crippen LogP contribution in [0.1, 0.15) is 5.69 Å². The van der Waals surface area contributed by atoms with Crippen LogP contribution in [0.4, 0.5) is 0 Å². The number of hydrogen-bond acceptors (Lipinski definition) is 5. The van der Waals surface area contributed by atoms with Gasteiger partial charge in [-0.15, -0.1) is 5.10 Å². The van der Waals surface area contributed by atoms with Crippen molar-refractivity contribution < 1.29 is 4.52 Å². The van der Waals surface area contributed by atoms with Gasteiger partial charge in [0, 0.05) is 10.0 Å². The zero-order valence-electron chi connectivity index (χ0n) is 12.7. The Kier molecular flexibility index (Phi) is 3.70. The molecule has 4 aromatic rings. The summed E-state index contributed by atoms with van der Waals surface area (Å²) in [7, 11) is 0. The van der Waals surface area contributed by atoms with E-state index in [0.717, 1.165) is 21.4 Å². The third-order valence-electron chi connectivity index (χ3n) is 3.63. The molecule has 2 heterocycles. The van der Waals surface area contributed by atoms with Gasteiger partial charge >= 0.3 is 0 Å². The molecule has 0 fully saturated rings. The van der Waals surface area contributed by atoms with Crippen LogP contribution in [0.3, 0.4) is 0 Å². The second-order valence-corrected chi connectivity index (χ2v) is 6.12. The fourth-order valence-electron chi connectivity index (χ4n) is 2.38. The van der Waals surface area contributed by atoms with Gasteiger partial charge in [0.1, 0.15) is 0 Å². The summed E-state index contributed by atoms with van der Waals surface area (Å²) in [5.74, 6) is 0.887. The van der Waals surface area contributed by atoms with Crippen molar-refractivity contribution in [3.8, 4) is 28.7 Å². The Balaban J connectivity index is 1.71. The van der Waals surface area contributed by atoms with Crippen LogP contribution >= 0.6 is 15.9 Å². The van der Waals surface area contributed by atoms with Crippen molar-refractivity contribution in [2.24, 2.45) is 0 Å². The summed E-state index contributed by atoms with van der Waals surface area (Å²) in [6.07, 6.45) is 0. The molecule has 2 aromatic heterocycles. The number of halogens is 1. The van der Waals surface area contributed by atoms with Crippen molar-refractivity contribution in [1.29, 1.82) is 0 Å². The molecule has 0 N–H and O–H groups in total. The van der Waals surface area contributed by atoms with E-state index < -0.39 is 0 Å². The van der Waals surface area contributed by atoms with Gasteiger partial charge in [-0.25, -0.2) is 4.68 Å². The second-order valence-electron chi connectivity index (χ2n) is 5.20. The van der Waals surface area contributed by atoms with Gasteiger partial charge in [0.25, 0.3) is 5.89 Å². The van der Waals surface area contributed by atoms with Crippen molar-refractivity contribution in [1.82, 2.24) is 25.1 Å². The number of rotatable bonds is 3. The molecular formula is C17H12BrN5O.